The molecule has 5 nitrogen and oxygen atoms in total. The van der Waals surface area contributed by atoms with Crippen molar-refractivity contribution in [3.05, 3.63) is 59.2 Å². The van der Waals surface area contributed by atoms with Gasteiger partial charge in [0.2, 0.25) is 0 Å². The number of rotatable bonds is 3. The summed E-state index contributed by atoms with van der Waals surface area (Å²) in [7, 11) is -3.33. The summed E-state index contributed by atoms with van der Waals surface area (Å²) in [6, 6.07) is 14.4. The van der Waals surface area contributed by atoms with E-state index in [1.807, 2.05) is 30.3 Å². The third-order valence-corrected chi connectivity index (χ3v) is 7.16. The van der Waals surface area contributed by atoms with Crippen LogP contribution in [0.4, 0.5) is 0 Å². The Morgan fingerprint density at radius 3 is 2.57 bits per heavy atom. The third kappa shape index (κ3) is 3.41. The number of fused-ring (bicyclic) bond motifs is 2. The number of aryl methyl sites for hydroxylation is 2. The zero-order valence-corrected chi connectivity index (χ0v) is 16.6. The Hall–Kier alpha value is -2.34. The Labute approximate surface area is 166 Å². The van der Waals surface area contributed by atoms with E-state index in [0.717, 1.165) is 42.9 Å². The van der Waals surface area contributed by atoms with Crippen molar-refractivity contribution in [2.24, 2.45) is 4.40 Å². The van der Waals surface area contributed by atoms with Gasteiger partial charge in [0.1, 0.15) is 17.3 Å². The maximum Gasteiger partial charge on any atom is 0.256 e. The molecule has 6 heteroatoms. The number of ether oxygens (including phenoxy) is 1. The number of amidine groups is 1. The fourth-order valence-electron chi connectivity index (χ4n) is 4.54. The molecule has 0 saturated carbocycles. The van der Waals surface area contributed by atoms with Crippen LogP contribution in [0.25, 0.3) is 0 Å². The first-order valence-electron chi connectivity index (χ1n) is 10.0. The molecule has 1 aliphatic carbocycles. The van der Waals surface area contributed by atoms with E-state index >= 15 is 0 Å². The third-order valence-electron chi connectivity index (χ3n) is 6.00. The Bertz CT molecular complexity index is 1030. The second kappa shape index (κ2) is 6.92. The second-order valence-electron chi connectivity index (χ2n) is 7.87. The number of piperidine rings is 1. The van der Waals surface area contributed by atoms with E-state index in [2.05, 4.69) is 21.4 Å². The molecule has 0 spiro atoms. The molecule has 28 heavy (non-hydrogen) atoms. The van der Waals surface area contributed by atoms with Crippen molar-refractivity contribution in [2.45, 2.75) is 38.0 Å². The van der Waals surface area contributed by atoms with Crippen molar-refractivity contribution in [2.75, 3.05) is 18.8 Å². The number of hydrogen-bond acceptors (Lipinski definition) is 4. The highest BCUT2D eigenvalue weighted by molar-refractivity contribution is 7.90. The van der Waals surface area contributed by atoms with Gasteiger partial charge in [0.15, 0.2) is 0 Å². The van der Waals surface area contributed by atoms with Gasteiger partial charge in [-0.25, -0.2) is 8.42 Å². The van der Waals surface area contributed by atoms with Crippen LogP contribution < -0.4 is 4.74 Å². The molecule has 2 aliphatic heterocycles. The lowest BCUT2D eigenvalue weighted by Gasteiger charge is -2.37. The van der Waals surface area contributed by atoms with E-state index in [9.17, 15) is 8.42 Å². The summed E-state index contributed by atoms with van der Waals surface area (Å²) in [5, 5.41) is 0. The van der Waals surface area contributed by atoms with Gasteiger partial charge in [-0.2, -0.15) is 0 Å². The molecule has 2 aromatic carbocycles. The van der Waals surface area contributed by atoms with Crippen LogP contribution in [-0.2, 0) is 22.9 Å². The molecule has 146 valence electrons. The minimum absolute atomic E-state index is 0.0397. The Morgan fingerprint density at radius 1 is 0.929 bits per heavy atom. The Balaban J connectivity index is 1.37. The molecule has 0 amide bonds. The van der Waals surface area contributed by atoms with Crippen LogP contribution >= 0.6 is 0 Å². The predicted octanol–water partition coefficient (Wildman–Crippen LogP) is 3.89. The van der Waals surface area contributed by atoms with E-state index < -0.39 is 10.0 Å². The van der Waals surface area contributed by atoms with E-state index in [4.69, 9.17) is 4.74 Å². The Morgan fingerprint density at radius 2 is 1.71 bits per heavy atom. The lowest BCUT2D eigenvalue weighted by Crippen LogP contribution is -2.46. The number of sulfonamides is 1. The first-order valence-corrected chi connectivity index (χ1v) is 11.7. The normalized spacial score (nSPS) is 22.9. The monoisotopic (exact) mass is 396 g/mol. The highest BCUT2D eigenvalue weighted by Crippen LogP contribution is 2.33. The van der Waals surface area contributed by atoms with Gasteiger partial charge in [-0.05, 0) is 73.1 Å². The minimum Gasteiger partial charge on any atom is -0.457 e. The zero-order chi connectivity index (χ0) is 19.1. The smallest absolute Gasteiger partial charge is 0.256 e. The van der Waals surface area contributed by atoms with E-state index in [-0.39, 0.29) is 11.7 Å². The molecule has 0 bridgehead atoms. The first kappa shape index (κ1) is 17.7. The van der Waals surface area contributed by atoms with E-state index in [1.54, 1.807) is 0 Å². The van der Waals surface area contributed by atoms with Crippen LogP contribution in [0.1, 0.15) is 41.9 Å². The summed E-state index contributed by atoms with van der Waals surface area (Å²) in [6.07, 6.45) is 5.51. The molecule has 1 fully saturated rings. The van der Waals surface area contributed by atoms with Crippen molar-refractivity contribution < 1.29 is 13.2 Å². The van der Waals surface area contributed by atoms with E-state index in [0.29, 0.717) is 12.4 Å². The summed E-state index contributed by atoms with van der Waals surface area (Å²) < 4.78 is 34.1. The van der Waals surface area contributed by atoms with Crippen LogP contribution in [0.2, 0.25) is 0 Å². The molecule has 5 rings (SSSR count). The van der Waals surface area contributed by atoms with Crippen molar-refractivity contribution >= 4 is 15.9 Å². The zero-order valence-electron chi connectivity index (χ0n) is 15.8. The summed E-state index contributed by atoms with van der Waals surface area (Å²) in [5.74, 6) is 2.55. The van der Waals surface area contributed by atoms with Crippen molar-refractivity contribution in [3.63, 3.8) is 0 Å². The average molecular weight is 397 g/mol. The fourth-order valence-corrected chi connectivity index (χ4v) is 5.61. The maximum atomic E-state index is 12.0. The van der Waals surface area contributed by atoms with Crippen molar-refractivity contribution in [1.82, 2.24) is 4.90 Å². The van der Waals surface area contributed by atoms with Gasteiger partial charge in [-0.15, -0.1) is 4.40 Å². The highest BCUT2D eigenvalue weighted by Gasteiger charge is 2.33. The molecule has 0 aromatic heterocycles. The standard InChI is InChI=1S/C22H24N2O3S/c25-28(26)14-13-24-12-2-5-21(22(24)23-28)17-7-9-19(10-8-17)27-20-11-6-16-3-1-4-18(16)15-20/h6-11,15,21H,1-5,12-14H2. The van der Waals surface area contributed by atoms with Crippen LogP contribution in [0.15, 0.2) is 46.9 Å². The largest absolute Gasteiger partial charge is 0.457 e. The molecule has 1 saturated heterocycles. The van der Waals surface area contributed by atoms with Crippen LogP contribution in [0.3, 0.4) is 0 Å². The van der Waals surface area contributed by atoms with Crippen LogP contribution in [-0.4, -0.2) is 38.0 Å². The second-order valence-corrected chi connectivity index (χ2v) is 9.63. The average Bonchev–Trinajstić information content (AvgIpc) is 3.15. The first-order chi connectivity index (χ1) is 13.6. The summed E-state index contributed by atoms with van der Waals surface area (Å²) in [6.45, 7) is 1.45. The van der Waals surface area contributed by atoms with Gasteiger partial charge < -0.3 is 9.64 Å². The van der Waals surface area contributed by atoms with Gasteiger partial charge in [0.05, 0.1) is 5.75 Å². The molecule has 2 heterocycles. The molecular formula is C22H24N2O3S. The molecule has 0 N–H and O–H groups in total. The minimum atomic E-state index is -3.33. The lowest BCUT2D eigenvalue weighted by atomic mass is 9.89. The van der Waals surface area contributed by atoms with Gasteiger partial charge in [-0.1, -0.05) is 18.2 Å². The number of benzene rings is 2. The molecule has 0 radical (unpaired) electrons. The van der Waals surface area contributed by atoms with Gasteiger partial charge in [-0.3, -0.25) is 0 Å². The Kier molecular flexibility index (Phi) is 4.38. The molecule has 1 unspecified atom stereocenters. The van der Waals surface area contributed by atoms with Gasteiger partial charge >= 0.3 is 0 Å². The maximum absolute atomic E-state index is 12.0. The van der Waals surface area contributed by atoms with Gasteiger partial charge in [0.25, 0.3) is 10.0 Å². The predicted molar refractivity (Wildman–Crippen MR) is 110 cm³/mol. The molecule has 2 aromatic rings. The van der Waals surface area contributed by atoms with Crippen molar-refractivity contribution in [3.8, 4) is 11.5 Å². The molecule has 1 atom stereocenters. The highest BCUT2D eigenvalue weighted by atomic mass is 32.2. The SMILES string of the molecule is O=S1(=O)CCN2CCCC(c3ccc(Oc4ccc5c(c4)CCC5)cc3)C2=N1. The number of nitrogens with zero attached hydrogens (tertiary/aromatic N) is 2. The van der Waals surface area contributed by atoms with Gasteiger partial charge in [0, 0.05) is 19.0 Å². The van der Waals surface area contributed by atoms with E-state index in [1.165, 1.54) is 24.0 Å². The summed E-state index contributed by atoms with van der Waals surface area (Å²) in [5.41, 5.74) is 3.93. The fraction of sp³-hybridized carbons (Fsp3) is 0.409. The topological polar surface area (TPSA) is 59.0 Å². The quantitative estimate of drug-likeness (QED) is 0.790. The van der Waals surface area contributed by atoms with Crippen molar-refractivity contribution in [1.29, 1.82) is 0 Å². The summed E-state index contributed by atoms with van der Waals surface area (Å²) >= 11 is 0. The summed E-state index contributed by atoms with van der Waals surface area (Å²) in [4.78, 5) is 2.13. The molecule has 3 aliphatic rings. The number of hydrogen-bond donors (Lipinski definition) is 0. The van der Waals surface area contributed by atoms with Crippen LogP contribution in [0, 0.1) is 0 Å². The molecular weight excluding hydrogens is 372 g/mol. The lowest BCUT2D eigenvalue weighted by molar-refractivity contribution is 0.366. The van der Waals surface area contributed by atoms with Crippen LogP contribution in [0.5, 0.6) is 11.5 Å².